The maximum Gasteiger partial charge on any atom is 0.275 e. The average Bonchev–Trinajstić information content (AvgIpc) is 3.07. The van der Waals surface area contributed by atoms with E-state index < -0.39 is 30.1 Å². The number of carbonyl (C=O) groups is 3. The lowest BCUT2D eigenvalue weighted by atomic mass is 9.96. The molecule has 9 nitrogen and oxygen atoms in total. The van der Waals surface area contributed by atoms with Gasteiger partial charge in [-0.05, 0) is 64.2 Å². The van der Waals surface area contributed by atoms with E-state index in [-0.39, 0.29) is 29.0 Å². The molecule has 41 heavy (non-hydrogen) atoms. The van der Waals surface area contributed by atoms with Crippen LogP contribution in [0.25, 0.3) is 5.57 Å². The molecule has 0 bridgehead atoms. The van der Waals surface area contributed by atoms with Crippen molar-refractivity contribution in [3.05, 3.63) is 65.7 Å². The van der Waals surface area contributed by atoms with Crippen molar-refractivity contribution in [3.8, 4) is 0 Å². The average molecular weight is 568 g/mol. The summed E-state index contributed by atoms with van der Waals surface area (Å²) in [6.45, 7) is 2.25. The van der Waals surface area contributed by atoms with Gasteiger partial charge in [0.1, 0.15) is 12.8 Å². The third-order valence-corrected chi connectivity index (χ3v) is 7.49. The summed E-state index contributed by atoms with van der Waals surface area (Å²) in [7, 11) is 5.32. The summed E-state index contributed by atoms with van der Waals surface area (Å²) < 4.78 is 31.2. The monoisotopic (exact) mass is 567 g/mol. The molecule has 4 rings (SSSR count). The summed E-state index contributed by atoms with van der Waals surface area (Å²) in [5, 5.41) is 6.23. The summed E-state index contributed by atoms with van der Waals surface area (Å²) in [4.78, 5) is 48.5. The standard InChI is InChI=1S/C30H35F2N5O4/c1-20(34-41-4)28(39)33-22-11-9-21(10-12-22)29(40)37-18-15-30(31,32)25(24-7-5-6-8-26(24)37)19-27(38)36-16-13-23(14-17-36)35(2)3/h5-12,19,23H,13-18H2,1-4H3,(H,33,39)/b25-19?,34-20-. The molecule has 0 atom stereocenters. The summed E-state index contributed by atoms with van der Waals surface area (Å²) >= 11 is 0. The van der Waals surface area contributed by atoms with Crippen molar-refractivity contribution in [2.75, 3.05) is 51.1 Å². The first-order valence-electron chi connectivity index (χ1n) is 13.5. The number of rotatable bonds is 6. The Labute approximate surface area is 238 Å². The van der Waals surface area contributed by atoms with E-state index >= 15 is 8.78 Å². The largest absolute Gasteiger partial charge is 0.399 e. The zero-order valence-corrected chi connectivity index (χ0v) is 23.7. The van der Waals surface area contributed by atoms with Crippen LogP contribution in [0.1, 0.15) is 42.1 Å². The number of fused-ring (bicyclic) bond motifs is 1. The van der Waals surface area contributed by atoms with Crippen molar-refractivity contribution in [1.82, 2.24) is 9.80 Å². The fourth-order valence-electron chi connectivity index (χ4n) is 5.10. The first-order valence-corrected chi connectivity index (χ1v) is 13.5. The number of anilines is 2. The quantitative estimate of drug-likeness (QED) is 0.320. The van der Waals surface area contributed by atoms with Gasteiger partial charge in [0, 0.05) is 60.6 Å². The number of para-hydroxylation sites is 1. The minimum atomic E-state index is -3.32. The third-order valence-electron chi connectivity index (χ3n) is 7.49. The first-order chi connectivity index (χ1) is 19.5. The number of likely N-dealkylation sites (tertiary alicyclic amines) is 1. The molecule has 2 aromatic carbocycles. The molecule has 0 saturated carbocycles. The molecule has 2 aliphatic rings. The highest BCUT2D eigenvalue weighted by molar-refractivity contribution is 6.42. The summed E-state index contributed by atoms with van der Waals surface area (Å²) in [6, 6.07) is 12.9. The predicted molar refractivity (Wildman–Crippen MR) is 154 cm³/mol. The molecule has 2 aromatic rings. The Morgan fingerprint density at radius 1 is 1.05 bits per heavy atom. The van der Waals surface area contributed by atoms with E-state index in [1.807, 2.05) is 14.1 Å². The minimum absolute atomic E-state index is 0.121. The number of hydrogen-bond donors (Lipinski definition) is 1. The first kappa shape index (κ1) is 29.9. The van der Waals surface area contributed by atoms with Gasteiger partial charge in [-0.3, -0.25) is 14.4 Å². The number of halogens is 2. The number of carbonyl (C=O) groups excluding carboxylic acids is 3. The number of nitrogens with zero attached hydrogens (tertiary/aromatic N) is 4. The van der Waals surface area contributed by atoms with E-state index in [9.17, 15) is 14.4 Å². The van der Waals surface area contributed by atoms with Crippen LogP contribution in [0.5, 0.6) is 0 Å². The van der Waals surface area contributed by atoms with Crippen LogP contribution in [0.15, 0.2) is 59.8 Å². The van der Waals surface area contributed by atoms with Gasteiger partial charge in [-0.15, -0.1) is 0 Å². The van der Waals surface area contributed by atoms with Crippen molar-refractivity contribution < 1.29 is 28.0 Å². The molecule has 2 aliphatic heterocycles. The fourth-order valence-corrected chi connectivity index (χ4v) is 5.10. The summed E-state index contributed by atoms with van der Waals surface area (Å²) in [5.41, 5.74) is 0.888. The number of benzene rings is 2. The Balaban J connectivity index is 1.58. The molecular formula is C30H35F2N5O4. The van der Waals surface area contributed by atoms with Crippen LogP contribution in [-0.2, 0) is 14.4 Å². The molecular weight excluding hydrogens is 532 g/mol. The molecule has 218 valence electrons. The zero-order chi connectivity index (χ0) is 29.7. The third kappa shape index (κ3) is 6.79. The van der Waals surface area contributed by atoms with Crippen LogP contribution >= 0.6 is 0 Å². The second-order valence-electron chi connectivity index (χ2n) is 10.4. The van der Waals surface area contributed by atoms with Gasteiger partial charge in [-0.2, -0.15) is 0 Å². The Morgan fingerprint density at radius 2 is 1.71 bits per heavy atom. The lowest BCUT2D eigenvalue weighted by molar-refractivity contribution is -0.127. The van der Waals surface area contributed by atoms with Crippen LogP contribution in [-0.4, -0.2) is 86.0 Å². The van der Waals surface area contributed by atoms with Crippen molar-refractivity contribution in [2.45, 2.75) is 38.2 Å². The van der Waals surface area contributed by atoms with E-state index in [4.69, 9.17) is 0 Å². The van der Waals surface area contributed by atoms with Gasteiger partial charge in [-0.25, -0.2) is 8.78 Å². The minimum Gasteiger partial charge on any atom is -0.399 e. The molecule has 1 fully saturated rings. The van der Waals surface area contributed by atoms with E-state index in [1.54, 1.807) is 35.2 Å². The van der Waals surface area contributed by atoms with E-state index in [1.165, 1.54) is 37.1 Å². The number of nitrogens with one attached hydrogen (secondary N) is 1. The highest BCUT2D eigenvalue weighted by Crippen LogP contribution is 2.43. The van der Waals surface area contributed by atoms with Crippen LogP contribution in [0.4, 0.5) is 20.2 Å². The van der Waals surface area contributed by atoms with Gasteiger partial charge >= 0.3 is 0 Å². The van der Waals surface area contributed by atoms with Gasteiger partial charge in [-0.1, -0.05) is 23.4 Å². The molecule has 0 unspecified atom stereocenters. The fraction of sp³-hybridized carbons (Fsp3) is 0.400. The Morgan fingerprint density at radius 3 is 2.34 bits per heavy atom. The molecule has 0 aliphatic carbocycles. The maximum atomic E-state index is 15.6. The number of oxime groups is 1. The molecule has 11 heteroatoms. The van der Waals surface area contributed by atoms with Crippen molar-refractivity contribution in [1.29, 1.82) is 0 Å². The van der Waals surface area contributed by atoms with Crippen LogP contribution in [0, 0.1) is 0 Å². The molecule has 1 saturated heterocycles. The Hall–Kier alpha value is -4.12. The van der Waals surface area contributed by atoms with Crippen molar-refractivity contribution >= 4 is 40.4 Å². The Kier molecular flexibility index (Phi) is 9.17. The van der Waals surface area contributed by atoms with Crippen LogP contribution in [0.3, 0.4) is 0 Å². The normalized spacial score (nSPS) is 18.6. The lowest BCUT2D eigenvalue weighted by Crippen LogP contribution is -2.44. The number of piperidine rings is 1. The predicted octanol–water partition coefficient (Wildman–Crippen LogP) is 4.27. The van der Waals surface area contributed by atoms with Gasteiger partial charge < -0.3 is 24.9 Å². The van der Waals surface area contributed by atoms with Gasteiger partial charge in [0.25, 0.3) is 17.7 Å². The lowest BCUT2D eigenvalue weighted by Gasteiger charge is -2.35. The SMILES string of the molecule is CO/N=C(/C)C(=O)Nc1ccc(C(=O)N2CCC(F)(F)C(=CC(=O)N3CCC(N(C)C)CC3)c3ccccc32)cc1. The second kappa shape index (κ2) is 12.6. The van der Waals surface area contributed by atoms with E-state index in [0.717, 1.165) is 18.9 Å². The molecule has 2 heterocycles. The smallest absolute Gasteiger partial charge is 0.275 e. The van der Waals surface area contributed by atoms with Gasteiger partial charge in [0.2, 0.25) is 5.91 Å². The maximum absolute atomic E-state index is 15.6. The number of allylic oxidation sites excluding steroid dienone is 1. The van der Waals surface area contributed by atoms with Gasteiger partial charge in [0.15, 0.2) is 0 Å². The Bertz CT molecular complexity index is 1350. The molecule has 0 aromatic heterocycles. The van der Waals surface area contributed by atoms with E-state index in [0.29, 0.717) is 30.5 Å². The molecule has 0 radical (unpaired) electrons. The second-order valence-corrected chi connectivity index (χ2v) is 10.4. The van der Waals surface area contributed by atoms with Crippen LogP contribution in [0.2, 0.25) is 0 Å². The van der Waals surface area contributed by atoms with Crippen molar-refractivity contribution in [2.24, 2.45) is 5.16 Å². The van der Waals surface area contributed by atoms with Crippen LogP contribution < -0.4 is 10.2 Å². The zero-order valence-electron chi connectivity index (χ0n) is 23.7. The van der Waals surface area contributed by atoms with E-state index in [2.05, 4.69) is 20.2 Å². The van der Waals surface area contributed by atoms with Gasteiger partial charge in [0.05, 0.1) is 5.69 Å². The molecule has 1 N–H and O–H groups in total. The summed E-state index contributed by atoms with van der Waals surface area (Å²) in [5.74, 6) is -4.71. The van der Waals surface area contributed by atoms with Crippen molar-refractivity contribution in [3.63, 3.8) is 0 Å². The summed E-state index contributed by atoms with van der Waals surface area (Å²) in [6.07, 6.45) is 1.97. The molecule has 0 spiro atoms. The number of hydrogen-bond acceptors (Lipinski definition) is 6. The molecule has 3 amide bonds. The number of alkyl halides is 2. The highest BCUT2D eigenvalue weighted by atomic mass is 19.3. The highest BCUT2D eigenvalue weighted by Gasteiger charge is 2.41. The topological polar surface area (TPSA) is 94.5 Å². The number of amides is 3.